The fraction of sp³-hybridized carbons (Fsp3) is 0.133. The van der Waals surface area contributed by atoms with E-state index < -0.39 is 16.0 Å². The molecule has 0 saturated carbocycles. The van der Waals surface area contributed by atoms with Gasteiger partial charge in [0, 0.05) is 7.05 Å². The van der Waals surface area contributed by atoms with Gasteiger partial charge in [-0.2, -0.15) is 0 Å². The second-order valence-corrected chi connectivity index (χ2v) is 7.34. The fourth-order valence-electron chi connectivity index (χ4n) is 1.96. The average Bonchev–Trinajstić information content (AvgIpc) is 2.55. The first-order valence-corrected chi connectivity index (χ1v) is 8.60. The number of nitrogens with zero attached hydrogens (tertiary/aromatic N) is 1. The van der Waals surface area contributed by atoms with Crippen LogP contribution < -0.4 is 4.31 Å². The summed E-state index contributed by atoms with van der Waals surface area (Å²) < 4.78 is 31.1. The second-order valence-electron chi connectivity index (χ2n) is 4.56. The maximum absolute atomic E-state index is 12.7. The molecule has 0 spiro atoms. The van der Waals surface area contributed by atoms with Crippen molar-refractivity contribution in [3.05, 3.63) is 58.1 Å². The summed E-state index contributed by atoms with van der Waals surface area (Å²) in [6, 6.07) is 10.3. The second kappa shape index (κ2) is 6.78. The van der Waals surface area contributed by atoms with Crippen LogP contribution in [-0.2, 0) is 14.8 Å². The zero-order valence-electron chi connectivity index (χ0n) is 12.3. The standard InChI is InChI=1S/C15H13Cl2NO4S/c1-18(14-6-4-3-5-11(14)15(19)22-2)23(20,21)10-7-8-12(16)13(17)9-10/h3-9H,1-2H3. The largest absolute Gasteiger partial charge is 0.465 e. The van der Waals surface area contributed by atoms with Gasteiger partial charge in [0.25, 0.3) is 10.0 Å². The van der Waals surface area contributed by atoms with Gasteiger partial charge in [-0.3, -0.25) is 4.31 Å². The Labute approximate surface area is 144 Å². The van der Waals surface area contributed by atoms with Crippen molar-refractivity contribution < 1.29 is 17.9 Å². The summed E-state index contributed by atoms with van der Waals surface area (Å²) in [7, 11) is -1.34. The highest BCUT2D eigenvalue weighted by Crippen LogP contribution is 2.29. The summed E-state index contributed by atoms with van der Waals surface area (Å²) in [4.78, 5) is 11.8. The molecular weight excluding hydrogens is 361 g/mol. The van der Waals surface area contributed by atoms with Gasteiger partial charge >= 0.3 is 5.97 Å². The van der Waals surface area contributed by atoms with E-state index in [1.165, 1.54) is 44.5 Å². The van der Waals surface area contributed by atoms with Crippen LogP contribution in [-0.4, -0.2) is 28.5 Å². The van der Waals surface area contributed by atoms with Gasteiger partial charge < -0.3 is 4.74 Å². The van der Waals surface area contributed by atoms with Gasteiger partial charge in [0.15, 0.2) is 0 Å². The number of ether oxygens (including phenoxy) is 1. The van der Waals surface area contributed by atoms with Gasteiger partial charge in [-0.15, -0.1) is 0 Å². The predicted octanol–water partition coefficient (Wildman–Crippen LogP) is 3.61. The average molecular weight is 374 g/mol. The van der Waals surface area contributed by atoms with E-state index in [2.05, 4.69) is 4.74 Å². The number of carbonyl (C=O) groups excluding carboxylic acids is 1. The zero-order valence-corrected chi connectivity index (χ0v) is 14.6. The van der Waals surface area contributed by atoms with E-state index in [1.807, 2.05) is 0 Å². The van der Waals surface area contributed by atoms with Crippen molar-refractivity contribution in [1.29, 1.82) is 0 Å². The smallest absolute Gasteiger partial charge is 0.340 e. The molecule has 0 unspecified atom stereocenters. The molecule has 0 N–H and O–H groups in total. The molecule has 5 nitrogen and oxygen atoms in total. The molecule has 8 heteroatoms. The van der Waals surface area contributed by atoms with Gasteiger partial charge in [-0.25, -0.2) is 13.2 Å². The van der Waals surface area contributed by atoms with Crippen LogP contribution in [0.2, 0.25) is 10.0 Å². The van der Waals surface area contributed by atoms with Crippen LogP contribution in [0.25, 0.3) is 0 Å². The third-order valence-corrected chi connectivity index (χ3v) is 5.70. The number of esters is 1. The third-order valence-electron chi connectivity index (χ3n) is 3.20. The number of anilines is 1. The summed E-state index contributed by atoms with van der Waals surface area (Å²) in [5.41, 5.74) is 0.339. The van der Waals surface area contributed by atoms with Gasteiger partial charge in [-0.1, -0.05) is 35.3 Å². The predicted molar refractivity (Wildman–Crippen MR) is 89.8 cm³/mol. The van der Waals surface area contributed by atoms with E-state index in [0.29, 0.717) is 0 Å². The molecule has 0 aliphatic carbocycles. The zero-order chi connectivity index (χ0) is 17.2. The van der Waals surface area contributed by atoms with Crippen molar-refractivity contribution in [2.75, 3.05) is 18.5 Å². The Morgan fingerprint density at radius 3 is 2.35 bits per heavy atom. The molecule has 0 atom stereocenters. The monoisotopic (exact) mass is 373 g/mol. The lowest BCUT2D eigenvalue weighted by Crippen LogP contribution is -2.28. The SMILES string of the molecule is COC(=O)c1ccccc1N(C)S(=O)(=O)c1ccc(Cl)c(Cl)c1. The number of methoxy groups -OCH3 is 1. The van der Waals surface area contributed by atoms with Gasteiger partial charge in [-0.05, 0) is 30.3 Å². The van der Waals surface area contributed by atoms with E-state index in [0.717, 1.165) is 4.31 Å². The van der Waals surface area contributed by atoms with E-state index >= 15 is 0 Å². The van der Waals surface area contributed by atoms with Crippen molar-refractivity contribution in [2.45, 2.75) is 4.90 Å². The Balaban J connectivity index is 2.53. The first-order valence-electron chi connectivity index (χ1n) is 6.40. The molecular formula is C15H13Cl2NO4S. The molecule has 0 amide bonds. The number of benzene rings is 2. The van der Waals surface area contributed by atoms with E-state index in [-0.39, 0.29) is 26.2 Å². The Kier molecular flexibility index (Phi) is 5.19. The summed E-state index contributed by atoms with van der Waals surface area (Å²) in [5, 5.41) is 0.380. The normalized spacial score (nSPS) is 11.1. The Bertz CT molecular complexity index is 852. The van der Waals surface area contributed by atoms with Crippen LogP contribution in [0.4, 0.5) is 5.69 Å². The molecule has 122 valence electrons. The quantitative estimate of drug-likeness (QED) is 0.767. The Morgan fingerprint density at radius 2 is 1.74 bits per heavy atom. The van der Waals surface area contributed by atoms with Gasteiger partial charge in [0.1, 0.15) is 0 Å². The minimum absolute atomic E-state index is 0.0333. The number of carbonyl (C=O) groups is 1. The van der Waals surface area contributed by atoms with Gasteiger partial charge in [0.2, 0.25) is 0 Å². The molecule has 2 aromatic carbocycles. The van der Waals surface area contributed by atoms with E-state index in [4.69, 9.17) is 23.2 Å². The maximum Gasteiger partial charge on any atom is 0.340 e. The molecule has 0 saturated heterocycles. The van der Waals surface area contributed by atoms with Crippen LogP contribution in [0.3, 0.4) is 0 Å². The summed E-state index contributed by atoms with van der Waals surface area (Å²) >= 11 is 11.7. The number of rotatable bonds is 4. The molecule has 2 rings (SSSR count). The highest BCUT2D eigenvalue weighted by atomic mass is 35.5. The molecule has 2 aromatic rings. The highest BCUT2D eigenvalue weighted by Gasteiger charge is 2.25. The molecule has 0 aliphatic heterocycles. The lowest BCUT2D eigenvalue weighted by molar-refractivity contribution is 0.0601. The molecule has 0 bridgehead atoms. The lowest BCUT2D eigenvalue weighted by Gasteiger charge is -2.21. The Hall–Kier alpha value is -1.76. The maximum atomic E-state index is 12.7. The topological polar surface area (TPSA) is 63.7 Å². The van der Waals surface area contributed by atoms with Gasteiger partial charge in [0.05, 0.1) is 33.3 Å². The summed E-state index contributed by atoms with van der Waals surface area (Å²) in [6.45, 7) is 0. The van der Waals surface area contributed by atoms with E-state index in [9.17, 15) is 13.2 Å². The van der Waals surface area contributed by atoms with Crippen molar-refractivity contribution in [3.8, 4) is 0 Å². The number of para-hydroxylation sites is 1. The van der Waals surface area contributed by atoms with E-state index in [1.54, 1.807) is 12.1 Å². The fourth-order valence-corrected chi connectivity index (χ4v) is 3.56. The summed E-state index contributed by atoms with van der Waals surface area (Å²) in [5.74, 6) is -0.628. The van der Waals surface area contributed by atoms with Crippen LogP contribution >= 0.6 is 23.2 Å². The molecule has 0 aliphatic rings. The van der Waals surface area contributed by atoms with Crippen molar-refractivity contribution in [2.24, 2.45) is 0 Å². The first-order chi connectivity index (χ1) is 10.8. The lowest BCUT2D eigenvalue weighted by atomic mass is 10.2. The minimum atomic E-state index is -3.91. The number of hydrogen-bond acceptors (Lipinski definition) is 4. The van der Waals surface area contributed by atoms with Crippen LogP contribution in [0, 0.1) is 0 Å². The molecule has 0 heterocycles. The minimum Gasteiger partial charge on any atom is -0.465 e. The van der Waals surface area contributed by atoms with Crippen LogP contribution in [0.15, 0.2) is 47.4 Å². The molecule has 23 heavy (non-hydrogen) atoms. The Morgan fingerprint density at radius 1 is 1.09 bits per heavy atom. The van der Waals surface area contributed by atoms with Crippen LogP contribution in [0.5, 0.6) is 0 Å². The van der Waals surface area contributed by atoms with Crippen molar-refractivity contribution in [1.82, 2.24) is 0 Å². The molecule has 0 radical (unpaired) electrons. The number of sulfonamides is 1. The molecule has 0 fully saturated rings. The molecule has 0 aromatic heterocycles. The van der Waals surface area contributed by atoms with Crippen LogP contribution in [0.1, 0.15) is 10.4 Å². The number of hydrogen-bond donors (Lipinski definition) is 0. The summed E-state index contributed by atoms with van der Waals surface area (Å²) in [6.07, 6.45) is 0. The third kappa shape index (κ3) is 3.44. The van der Waals surface area contributed by atoms with Crippen molar-refractivity contribution >= 4 is 44.9 Å². The number of halogens is 2. The highest BCUT2D eigenvalue weighted by molar-refractivity contribution is 7.92. The first kappa shape index (κ1) is 17.6. The van der Waals surface area contributed by atoms with Crippen molar-refractivity contribution in [3.63, 3.8) is 0 Å².